The molecular weight excluding hydrogens is 296 g/mol. The second-order valence-corrected chi connectivity index (χ2v) is 6.35. The van der Waals surface area contributed by atoms with Crippen molar-refractivity contribution in [3.05, 3.63) is 34.4 Å². The van der Waals surface area contributed by atoms with E-state index in [-0.39, 0.29) is 0 Å². The third-order valence-electron chi connectivity index (χ3n) is 4.32. The summed E-state index contributed by atoms with van der Waals surface area (Å²) in [7, 11) is 0. The summed E-state index contributed by atoms with van der Waals surface area (Å²) < 4.78 is 0. The first-order valence-corrected chi connectivity index (χ1v) is 8.82. The molecule has 0 saturated carbocycles. The van der Waals surface area contributed by atoms with Crippen molar-refractivity contribution in [3.8, 4) is 0 Å². The third kappa shape index (κ3) is 3.84. The van der Waals surface area contributed by atoms with E-state index in [0.29, 0.717) is 4.83 Å². The quantitative estimate of drug-likeness (QED) is 0.520. The largest absolute Gasteiger partial charge is 0.0836 e. The van der Waals surface area contributed by atoms with E-state index >= 15 is 0 Å². The van der Waals surface area contributed by atoms with Crippen molar-refractivity contribution >= 4 is 15.9 Å². The van der Waals surface area contributed by atoms with Crippen LogP contribution in [-0.4, -0.2) is 0 Å². The number of benzene rings is 1. The first-order valence-electron chi connectivity index (χ1n) is 7.91. The lowest BCUT2D eigenvalue weighted by molar-refractivity contribution is 0.483. The smallest absolute Gasteiger partial charge is 0.0428 e. The second-order valence-electron chi connectivity index (χ2n) is 5.37. The monoisotopic (exact) mass is 324 g/mol. The summed E-state index contributed by atoms with van der Waals surface area (Å²) in [5.41, 5.74) is 6.16. The highest BCUT2D eigenvalue weighted by Gasteiger charge is 2.22. The molecule has 0 amide bonds. The van der Waals surface area contributed by atoms with Crippen LogP contribution in [0.15, 0.2) is 12.1 Å². The van der Waals surface area contributed by atoms with Gasteiger partial charge in [0.25, 0.3) is 0 Å². The Morgan fingerprint density at radius 1 is 0.842 bits per heavy atom. The molecule has 0 aromatic heterocycles. The fourth-order valence-electron chi connectivity index (χ4n) is 2.93. The van der Waals surface area contributed by atoms with Crippen molar-refractivity contribution in [2.45, 2.75) is 71.5 Å². The van der Waals surface area contributed by atoms with Crippen LogP contribution >= 0.6 is 15.9 Å². The Kier molecular flexibility index (Phi) is 7.13. The maximum Gasteiger partial charge on any atom is 0.0428 e. The molecule has 0 fully saturated rings. The summed E-state index contributed by atoms with van der Waals surface area (Å²) >= 11 is 4.00. The Morgan fingerprint density at radius 2 is 1.32 bits per heavy atom. The molecule has 108 valence electrons. The SMILES string of the molecule is CCc1cc(CC)c(C(Br)C(CC)CC)c(CC)c1. The van der Waals surface area contributed by atoms with E-state index in [4.69, 9.17) is 0 Å². The van der Waals surface area contributed by atoms with E-state index < -0.39 is 0 Å². The van der Waals surface area contributed by atoms with Gasteiger partial charge in [-0.05, 0) is 47.4 Å². The standard InChI is InChI=1S/C18H29Br/c1-6-13-11-15(9-4)17(16(10-5)12-13)18(19)14(7-2)8-3/h11-12,14,18H,6-10H2,1-5H3. The van der Waals surface area contributed by atoms with Crippen molar-refractivity contribution < 1.29 is 0 Å². The van der Waals surface area contributed by atoms with Gasteiger partial charge in [0, 0.05) is 4.83 Å². The van der Waals surface area contributed by atoms with Crippen molar-refractivity contribution in [2.24, 2.45) is 5.92 Å². The van der Waals surface area contributed by atoms with Gasteiger partial charge in [0.2, 0.25) is 0 Å². The first kappa shape index (κ1) is 16.8. The van der Waals surface area contributed by atoms with Gasteiger partial charge in [-0.2, -0.15) is 0 Å². The number of alkyl halides is 1. The van der Waals surface area contributed by atoms with Crippen LogP contribution in [0, 0.1) is 5.92 Å². The lowest BCUT2D eigenvalue weighted by Gasteiger charge is -2.26. The Bertz CT molecular complexity index is 366. The van der Waals surface area contributed by atoms with E-state index in [2.05, 4.69) is 62.7 Å². The molecule has 1 aromatic rings. The molecule has 0 aliphatic rings. The molecule has 1 aromatic carbocycles. The second kappa shape index (κ2) is 8.09. The van der Waals surface area contributed by atoms with Crippen LogP contribution in [-0.2, 0) is 19.3 Å². The maximum atomic E-state index is 4.00. The number of rotatable bonds is 7. The minimum absolute atomic E-state index is 0.512. The molecule has 0 aliphatic heterocycles. The molecule has 0 heterocycles. The number of aryl methyl sites for hydroxylation is 3. The molecule has 0 nitrogen and oxygen atoms in total. The average Bonchev–Trinajstić information content (AvgIpc) is 2.46. The maximum absolute atomic E-state index is 4.00. The molecule has 1 heteroatoms. The summed E-state index contributed by atoms with van der Waals surface area (Å²) in [6, 6.07) is 4.84. The van der Waals surface area contributed by atoms with Crippen LogP contribution in [0.1, 0.15) is 74.5 Å². The Balaban J connectivity index is 3.30. The van der Waals surface area contributed by atoms with E-state index in [1.807, 2.05) is 0 Å². The van der Waals surface area contributed by atoms with Gasteiger partial charge in [-0.25, -0.2) is 0 Å². The van der Waals surface area contributed by atoms with Crippen LogP contribution < -0.4 is 0 Å². The number of halogens is 1. The van der Waals surface area contributed by atoms with Crippen molar-refractivity contribution in [3.63, 3.8) is 0 Å². The molecule has 0 aliphatic carbocycles. The summed E-state index contributed by atoms with van der Waals surface area (Å²) in [5.74, 6) is 0.739. The van der Waals surface area contributed by atoms with Gasteiger partial charge in [0.05, 0.1) is 0 Å². The summed E-state index contributed by atoms with van der Waals surface area (Å²) in [4.78, 5) is 0.512. The summed E-state index contributed by atoms with van der Waals surface area (Å²) in [5, 5.41) is 0. The Hall–Kier alpha value is -0.300. The third-order valence-corrected chi connectivity index (χ3v) is 5.53. The van der Waals surface area contributed by atoms with Gasteiger partial charge < -0.3 is 0 Å². The number of hydrogen-bond donors (Lipinski definition) is 0. The fraction of sp³-hybridized carbons (Fsp3) is 0.667. The van der Waals surface area contributed by atoms with E-state index in [0.717, 1.165) is 25.2 Å². The van der Waals surface area contributed by atoms with Crippen LogP contribution in [0.25, 0.3) is 0 Å². The van der Waals surface area contributed by atoms with Crippen molar-refractivity contribution in [2.75, 3.05) is 0 Å². The minimum Gasteiger partial charge on any atom is -0.0836 e. The molecule has 0 bridgehead atoms. The molecule has 0 spiro atoms. The Labute approximate surface area is 128 Å². The molecule has 1 rings (SSSR count). The predicted molar refractivity (Wildman–Crippen MR) is 90.3 cm³/mol. The van der Waals surface area contributed by atoms with E-state index in [1.165, 1.54) is 18.4 Å². The van der Waals surface area contributed by atoms with Gasteiger partial charge in [-0.3, -0.25) is 0 Å². The highest BCUT2D eigenvalue weighted by molar-refractivity contribution is 9.09. The zero-order valence-corrected chi connectivity index (χ0v) is 14.8. The molecule has 19 heavy (non-hydrogen) atoms. The normalized spacial score (nSPS) is 13.0. The summed E-state index contributed by atoms with van der Waals surface area (Å²) in [6.45, 7) is 11.4. The minimum atomic E-state index is 0.512. The van der Waals surface area contributed by atoms with Crippen molar-refractivity contribution in [1.82, 2.24) is 0 Å². The molecule has 0 radical (unpaired) electrons. The first-order chi connectivity index (χ1) is 9.12. The van der Waals surface area contributed by atoms with Gasteiger partial charge >= 0.3 is 0 Å². The zero-order valence-electron chi connectivity index (χ0n) is 13.2. The van der Waals surface area contributed by atoms with Gasteiger partial charge in [0.1, 0.15) is 0 Å². The van der Waals surface area contributed by atoms with Gasteiger partial charge in [-0.15, -0.1) is 0 Å². The van der Waals surface area contributed by atoms with Crippen LogP contribution in [0.3, 0.4) is 0 Å². The van der Waals surface area contributed by atoms with Crippen molar-refractivity contribution in [1.29, 1.82) is 0 Å². The van der Waals surface area contributed by atoms with Crippen LogP contribution in [0.2, 0.25) is 0 Å². The van der Waals surface area contributed by atoms with Crippen LogP contribution in [0.4, 0.5) is 0 Å². The lowest BCUT2D eigenvalue weighted by atomic mass is 9.86. The Morgan fingerprint density at radius 3 is 1.63 bits per heavy atom. The van der Waals surface area contributed by atoms with E-state index in [1.54, 1.807) is 16.7 Å². The number of hydrogen-bond acceptors (Lipinski definition) is 0. The van der Waals surface area contributed by atoms with Gasteiger partial charge in [-0.1, -0.05) is 75.5 Å². The molecule has 0 saturated heterocycles. The predicted octanol–water partition coefficient (Wildman–Crippen LogP) is 6.25. The van der Waals surface area contributed by atoms with Gasteiger partial charge in [0.15, 0.2) is 0 Å². The molecular formula is C18H29Br. The molecule has 1 unspecified atom stereocenters. The van der Waals surface area contributed by atoms with Crippen LogP contribution in [0.5, 0.6) is 0 Å². The molecule has 1 atom stereocenters. The lowest BCUT2D eigenvalue weighted by Crippen LogP contribution is -2.11. The van der Waals surface area contributed by atoms with E-state index in [9.17, 15) is 0 Å². The summed E-state index contributed by atoms with van der Waals surface area (Å²) in [6.07, 6.45) is 5.90. The topological polar surface area (TPSA) is 0 Å². The highest BCUT2D eigenvalue weighted by Crippen LogP contribution is 2.39. The average molecular weight is 325 g/mol. The molecule has 0 N–H and O–H groups in total. The fourth-order valence-corrected chi connectivity index (χ4v) is 4.27. The zero-order chi connectivity index (χ0) is 14.4. The highest BCUT2D eigenvalue weighted by atomic mass is 79.9.